The van der Waals surface area contributed by atoms with Gasteiger partial charge in [0.05, 0.1) is 16.4 Å². The van der Waals surface area contributed by atoms with Gasteiger partial charge in [-0.25, -0.2) is 4.98 Å². The van der Waals surface area contributed by atoms with Crippen LogP contribution in [0.2, 0.25) is 0 Å². The highest BCUT2D eigenvalue weighted by atomic mass is 32.1. The van der Waals surface area contributed by atoms with Crippen LogP contribution in [0.25, 0.3) is 11.4 Å². The normalized spacial score (nSPS) is 10.4. The molecular formula is C14H17N3OS. The van der Waals surface area contributed by atoms with Gasteiger partial charge in [-0.3, -0.25) is 9.78 Å². The largest absolute Gasteiger partial charge is 0.356 e. The highest BCUT2D eigenvalue weighted by Gasteiger charge is 2.07. The van der Waals surface area contributed by atoms with Crippen LogP contribution in [-0.2, 0) is 11.2 Å². The average Bonchev–Trinajstić information content (AvgIpc) is 2.93. The zero-order valence-electron chi connectivity index (χ0n) is 10.9. The highest BCUT2D eigenvalue weighted by molar-refractivity contribution is 7.09. The molecule has 0 aromatic carbocycles. The molecule has 0 saturated heterocycles. The first-order valence-corrected chi connectivity index (χ1v) is 7.30. The molecule has 4 nitrogen and oxygen atoms in total. The van der Waals surface area contributed by atoms with E-state index in [0.717, 1.165) is 29.4 Å². The van der Waals surface area contributed by atoms with E-state index in [4.69, 9.17) is 0 Å². The van der Waals surface area contributed by atoms with Gasteiger partial charge >= 0.3 is 0 Å². The number of nitrogens with zero attached hydrogens (tertiary/aromatic N) is 2. The summed E-state index contributed by atoms with van der Waals surface area (Å²) in [5.74, 6) is 0.0939. The molecule has 0 aliphatic carbocycles. The predicted octanol–water partition coefficient (Wildman–Crippen LogP) is 2.66. The van der Waals surface area contributed by atoms with Gasteiger partial charge in [0, 0.05) is 31.0 Å². The van der Waals surface area contributed by atoms with Crippen LogP contribution in [-0.4, -0.2) is 22.4 Å². The molecule has 2 aromatic heterocycles. The standard InChI is InChI=1S/C14H17N3OS/c1-2-8-16-13(18)6-7-14-17-12(10-19-14)11-5-3-4-9-15-11/h3-5,9-10H,2,6-8H2,1H3,(H,16,18). The summed E-state index contributed by atoms with van der Waals surface area (Å²) in [6.45, 7) is 2.79. The minimum Gasteiger partial charge on any atom is -0.356 e. The molecule has 0 fully saturated rings. The second kappa shape index (κ2) is 6.99. The van der Waals surface area contributed by atoms with Crippen LogP contribution >= 0.6 is 11.3 Å². The van der Waals surface area contributed by atoms with Crippen molar-refractivity contribution in [1.82, 2.24) is 15.3 Å². The van der Waals surface area contributed by atoms with Crippen LogP contribution in [0.1, 0.15) is 24.8 Å². The van der Waals surface area contributed by atoms with E-state index < -0.39 is 0 Å². The van der Waals surface area contributed by atoms with Gasteiger partial charge in [0.25, 0.3) is 0 Å². The lowest BCUT2D eigenvalue weighted by atomic mass is 10.3. The highest BCUT2D eigenvalue weighted by Crippen LogP contribution is 2.20. The van der Waals surface area contributed by atoms with E-state index in [9.17, 15) is 4.79 Å². The number of thiazole rings is 1. The van der Waals surface area contributed by atoms with Gasteiger partial charge in [0.1, 0.15) is 0 Å². The van der Waals surface area contributed by atoms with Crippen LogP contribution in [0.15, 0.2) is 29.8 Å². The first kappa shape index (κ1) is 13.7. The fraction of sp³-hybridized carbons (Fsp3) is 0.357. The Kier molecular flexibility index (Phi) is 5.03. The Morgan fingerprint density at radius 3 is 3.00 bits per heavy atom. The monoisotopic (exact) mass is 275 g/mol. The number of carbonyl (C=O) groups is 1. The Morgan fingerprint density at radius 1 is 1.37 bits per heavy atom. The quantitative estimate of drug-likeness (QED) is 0.881. The molecule has 0 atom stereocenters. The number of nitrogens with one attached hydrogen (secondary N) is 1. The fourth-order valence-corrected chi connectivity index (χ4v) is 2.42. The van der Waals surface area contributed by atoms with E-state index in [0.29, 0.717) is 12.8 Å². The smallest absolute Gasteiger partial charge is 0.220 e. The average molecular weight is 275 g/mol. The first-order valence-electron chi connectivity index (χ1n) is 6.42. The number of amides is 1. The molecule has 2 rings (SSSR count). The van der Waals surface area contributed by atoms with E-state index in [-0.39, 0.29) is 5.91 Å². The molecular weight excluding hydrogens is 258 g/mol. The van der Waals surface area contributed by atoms with Crippen LogP contribution in [0.4, 0.5) is 0 Å². The van der Waals surface area contributed by atoms with Gasteiger partial charge in [-0.05, 0) is 18.6 Å². The Labute approximate surface area is 116 Å². The third-order valence-electron chi connectivity index (χ3n) is 2.62. The van der Waals surface area contributed by atoms with E-state index >= 15 is 0 Å². The van der Waals surface area contributed by atoms with Crippen molar-refractivity contribution in [2.75, 3.05) is 6.54 Å². The molecule has 2 aromatic rings. The molecule has 19 heavy (non-hydrogen) atoms. The van der Waals surface area contributed by atoms with Crippen LogP contribution in [0, 0.1) is 0 Å². The van der Waals surface area contributed by atoms with Crippen molar-refractivity contribution in [3.63, 3.8) is 0 Å². The third kappa shape index (κ3) is 4.13. The van der Waals surface area contributed by atoms with Crippen molar-refractivity contribution >= 4 is 17.2 Å². The summed E-state index contributed by atoms with van der Waals surface area (Å²) in [5, 5.41) is 5.83. The van der Waals surface area contributed by atoms with E-state index in [1.165, 1.54) is 0 Å². The summed E-state index contributed by atoms with van der Waals surface area (Å²) in [6, 6.07) is 5.77. The molecule has 0 aliphatic rings. The third-order valence-corrected chi connectivity index (χ3v) is 3.53. The Bertz CT molecular complexity index is 524. The van der Waals surface area contributed by atoms with Crippen LogP contribution in [0.5, 0.6) is 0 Å². The van der Waals surface area contributed by atoms with E-state index in [1.807, 2.05) is 30.5 Å². The molecule has 0 unspecified atom stereocenters. The van der Waals surface area contributed by atoms with Crippen molar-refractivity contribution < 1.29 is 4.79 Å². The molecule has 100 valence electrons. The Morgan fingerprint density at radius 2 is 2.26 bits per heavy atom. The van der Waals surface area contributed by atoms with Gasteiger partial charge in [0.15, 0.2) is 0 Å². The summed E-state index contributed by atoms with van der Waals surface area (Å²) < 4.78 is 0. The van der Waals surface area contributed by atoms with Gasteiger partial charge < -0.3 is 5.32 Å². The summed E-state index contributed by atoms with van der Waals surface area (Å²) in [7, 11) is 0. The van der Waals surface area contributed by atoms with Crippen molar-refractivity contribution in [3.8, 4) is 11.4 Å². The maximum Gasteiger partial charge on any atom is 0.220 e. The van der Waals surface area contributed by atoms with Crippen molar-refractivity contribution in [1.29, 1.82) is 0 Å². The molecule has 1 amide bonds. The molecule has 0 radical (unpaired) electrons. The molecule has 1 N–H and O–H groups in total. The van der Waals surface area contributed by atoms with Gasteiger partial charge in [0.2, 0.25) is 5.91 Å². The molecule has 0 bridgehead atoms. The lowest BCUT2D eigenvalue weighted by molar-refractivity contribution is -0.121. The second-order valence-electron chi connectivity index (χ2n) is 4.19. The summed E-state index contributed by atoms with van der Waals surface area (Å²) in [6.07, 6.45) is 3.90. The van der Waals surface area contributed by atoms with Crippen LogP contribution < -0.4 is 5.32 Å². The minimum atomic E-state index is 0.0939. The maximum absolute atomic E-state index is 11.5. The number of carbonyl (C=O) groups excluding carboxylic acids is 1. The van der Waals surface area contributed by atoms with Crippen LogP contribution in [0.3, 0.4) is 0 Å². The minimum absolute atomic E-state index is 0.0939. The molecule has 0 aliphatic heterocycles. The lowest BCUT2D eigenvalue weighted by Crippen LogP contribution is -2.24. The Hall–Kier alpha value is -1.75. The van der Waals surface area contributed by atoms with Crippen molar-refractivity contribution in [3.05, 3.63) is 34.8 Å². The number of hydrogen-bond acceptors (Lipinski definition) is 4. The predicted molar refractivity (Wildman–Crippen MR) is 77.0 cm³/mol. The van der Waals surface area contributed by atoms with Crippen molar-refractivity contribution in [2.24, 2.45) is 0 Å². The van der Waals surface area contributed by atoms with E-state index in [2.05, 4.69) is 15.3 Å². The van der Waals surface area contributed by atoms with Crippen molar-refractivity contribution in [2.45, 2.75) is 26.2 Å². The summed E-state index contributed by atoms with van der Waals surface area (Å²) >= 11 is 1.58. The molecule has 0 saturated carbocycles. The van der Waals surface area contributed by atoms with E-state index in [1.54, 1.807) is 17.5 Å². The van der Waals surface area contributed by atoms with Gasteiger partial charge in [-0.2, -0.15) is 0 Å². The first-order chi connectivity index (χ1) is 9.29. The number of aryl methyl sites for hydroxylation is 1. The number of pyridine rings is 1. The maximum atomic E-state index is 11.5. The molecule has 0 spiro atoms. The molecule has 2 heterocycles. The lowest BCUT2D eigenvalue weighted by Gasteiger charge is -2.01. The fourth-order valence-electron chi connectivity index (χ4n) is 1.63. The number of rotatable bonds is 6. The van der Waals surface area contributed by atoms with Gasteiger partial charge in [-0.15, -0.1) is 11.3 Å². The summed E-state index contributed by atoms with van der Waals surface area (Å²) in [4.78, 5) is 20.3. The topological polar surface area (TPSA) is 54.9 Å². The number of aromatic nitrogens is 2. The molecule has 5 heteroatoms. The van der Waals surface area contributed by atoms with Gasteiger partial charge in [-0.1, -0.05) is 13.0 Å². The summed E-state index contributed by atoms with van der Waals surface area (Å²) in [5.41, 5.74) is 1.76. The SMILES string of the molecule is CCCNC(=O)CCc1nc(-c2ccccn2)cs1. The Balaban J connectivity index is 1.90. The zero-order chi connectivity index (χ0) is 13.5. The zero-order valence-corrected chi connectivity index (χ0v) is 11.7. The number of hydrogen-bond donors (Lipinski definition) is 1. The second-order valence-corrected chi connectivity index (χ2v) is 5.13.